The van der Waals surface area contributed by atoms with E-state index in [4.69, 9.17) is 0 Å². The number of benzene rings is 10. The third-order valence-corrected chi connectivity index (χ3v) is 18.4. The maximum absolute atomic E-state index is 4.46. The fraction of sp³-hybridized carbons (Fsp3) is 0.0270. The van der Waals surface area contributed by atoms with E-state index in [9.17, 15) is 0 Å². The summed E-state index contributed by atoms with van der Waals surface area (Å²) in [6, 6.07) is 85.1. The third-order valence-electron chi connectivity index (χ3n) is 17.3. The number of hydrogen-bond acceptors (Lipinski definition) is 4. The van der Waals surface area contributed by atoms with Gasteiger partial charge in [-0.3, -0.25) is 0 Å². The van der Waals surface area contributed by atoms with E-state index < -0.39 is 0 Å². The molecule has 5 nitrogen and oxygen atoms in total. The van der Waals surface area contributed by atoms with E-state index in [0.717, 1.165) is 62.4 Å². The highest BCUT2D eigenvalue weighted by molar-refractivity contribution is 8.00. The number of anilines is 9. The van der Waals surface area contributed by atoms with Crippen LogP contribution >= 0.6 is 11.8 Å². The molecule has 12 aromatic rings. The fourth-order valence-corrected chi connectivity index (χ4v) is 15.4. The summed E-state index contributed by atoms with van der Waals surface area (Å²) in [5, 5.41) is 2.45. The SMILES string of the molecule is C=C/C=C1/B2c3cc4c(cc3N(c3ccccc3)c3cc(N(c5ccccc5)c5ccccc5)cc(c32)-n2c1c(C)c1ccccc12)Sc1cc(N(c2ccccc2)c2ccccc2)cc2c1B4c1cccc3c(C=C)c(/C=C\C)n-2c13. The summed E-state index contributed by atoms with van der Waals surface area (Å²) in [6.07, 6.45) is 10.8. The zero-order valence-corrected chi connectivity index (χ0v) is 46.4. The normalized spacial score (nSPS) is 13.7. The summed E-state index contributed by atoms with van der Waals surface area (Å²) in [4.78, 5) is 9.87. The van der Waals surface area contributed by atoms with Gasteiger partial charge in [0.1, 0.15) is 0 Å². The number of aryl methyl sites for hydroxylation is 1. The Kier molecular flexibility index (Phi) is 11.1. The Morgan fingerprint density at radius 3 is 1.65 bits per heavy atom. The first-order chi connectivity index (χ1) is 40.5. The van der Waals surface area contributed by atoms with Gasteiger partial charge in [-0.05, 0) is 150 Å². The first-order valence-corrected chi connectivity index (χ1v) is 29.1. The zero-order valence-electron chi connectivity index (χ0n) is 45.5. The van der Waals surface area contributed by atoms with Crippen LogP contribution in [0.2, 0.25) is 0 Å². The molecule has 82 heavy (non-hydrogen) atoms. The van der Waals surface area contributed by atoms with Gasteiger partial charge in [0, 0.05) is 94.2 Å². The molecule has 16 rings (SSSR count). The third kappa shape index (κ3) is 6.98. The highest BCUT2D eigenvalue weighted by Gasteiger charge is 2.47. The smallest absolute Gasteiger partial charge is 0.252 e. The minimum absolute atomic E-state index is 0.0768. The summed E-state index contributed by atoms with van der Waals surface area (Å²) in [7, 11) is 0. The van der Waals surface area contributed by atoms with E-state index in [1.165, 1.54) is 87.0 Å². The van der Waals surface area contributed by atoms with Crippen molar-refractivity contribution in [1.29, 1.82) is 0 Å². The number of nitrogens with zero attached hydrogens (tertiary/aromatic N) is 5. The molecule has 6 heterocycles. The second-order valence-electron chi connectivity index (χ2n) is 21.6. The lowest BCUT2D eigenvalue weighted by atomic mass is 9.30. The predicted octanol–water partition coefficient (Wildman–Crippen LogP) is 16.3. The zero-order chi connectivity index (χ0) is 54.7. The van der Waals surface area contributed by atoms with E-state index in [2.05, 4.69) is 306 Å². The molecule has 0 amide bonds. The summed E-state index contributed by atoms with van der Waals surface area (Å²) < 4.78 is 5.09. The lowest BCUT2D eigenvalue weighted by molar-refractivity contribution is 1.08. The second kappa shape index (κ2) is 18.9. The van der Waals surface area contributed by atoms with Crippen LogP contribution in [-0.4, -0.2) is 22.6 Å². The van der Waals surface area contributed by atoms with Crippen molar-refractivity contribution < 1.29 is 0 Å². The van der Waals surface area contributed by atoms with Crippen LogP contribution in [0, 0.1) is 6.92 Å². The number of allylic oxidation sites excluding steroid dienone is 3. The van der Waals surface area contributed by atoms with Crippen LogP contribution in [0.4, 0.5) is 51.2 Å². The van der Waals surface area contributed by atoms with Gasteiger partial charge in [-0.15, -0.1) is 0 Å². The first-order valence-electron chi connectivity index (χ1n) is 28.3. The number of fused-ring (bicyclic) bond motifs is 10. The molecule has 0 spiro atoms. The largest absolute Gasteiger partial charge is 0.311 e. The molecule has 0 unspecified atom stereocenters. The molecule has 0 fully saturated rings. The Morgan fingerprint density at radius 1 is 0.476 bits per heavy atom. The molecule has 386 valence electrons. The standard InChI is InChI=1S/C74H53B2N5S/c1-5-26-59-73-48(4)57-38-23-24-41-64(57)80(73)67-43-54(77(49-28-13-8-14-29-49)50-30-15-9-16-31-50)42-66-71(67)75(59)61-46-62-69(47-65(61)79(66)53-36-21-12-22-37-53)82-70-45-55(78(51-32-17-10-18-33-51)52-34-19-11-20-35-52)44-68-72(70)76(62)60-40-25-39-58-56(7-3)63(27-6-2)81(68)74(58)60/h5-47H,1,3H2,2,4H3/b27-6-,59-26+. The maximum atomic E-state index is 4.46. The Bertz CT molecular complexity index is 4600. The quantitative estimate of drug-likeness (QED) is 0.127. The minimum Gasteiger partial charge on any atom is -0.311 e. The van der Waals surface area contributed by atoms with Gasteiger partial charge < -0.3 is 23.8 Å². The van der Waals surface area contributed by atoms with Crippen molar-refractivity contribution in [2.45, 2.75) is 23.6 Å². The van der Waals surface area contributed by atoms with Crippen molar-refractivity contribution >= 4 is 143 Å². The van der Waals surface area contributed by atoms with Crippen LogP contribution < -0.4 is 42.0 Å². The lowest BCUT2D eigenvalue weighted by Crippen LogP contribution is -2.61. The predicted molar refractivity (Wildman–Crippen MR) is 352 cm³/mol. The van der Waals surface area contributed by atoms with E-state index in [1.54, 1.807) is 0 Å². The molecular weight excluding hydrogens is 1010 g/mol. The molecule has 0 saturated carbocycles. The molecule has 0 atom stereocenters. The van der Waals surface area contributed by atoms with Gasteiger partial charge in [0.2, 0.25) is 6.71 Å². The molecular formula is C74H53B2N5S. The van der Waals surface area contributed by atoms with Gasteiger partial charge in [0.25, 0.3) is 6.71 Å². The molecule has 0 radical (unpaired) electrons. The number of aromatic nitrogens is 2. The summed E-state index contributed by atoms with van der Waals surface area (Å²) >= 11 is 1.90. The Balaban J connectivity index is 1.02. The Morgan fingerprint density at radius 2 is 1.04 bits per heavy atom. The van der Waals surface area contributed by atoms with Gasteiger partial charge in [0.15, 0.2) is 0 Å². The van der Waals surface area contributed by atoms with Crippen LogP contribution in [0.15, 0.2) is 272 Å². The van der Waals surface area contributed by atoms with Crippen molar-refractivity contribution in [3.05, 3.63) is 284 Å². The molecule has 4 aliphatic rings. The summed E-state index contributed by atoms with van der Waals surface area (Å²) in [6.45, 7) is 13.1. The highest BCUT2D eigenvalue weighted by atomic mass is 32.2. The molecule has 4 aliphatic heterocycles. The Labute approximate surface area is 483 Å². The molecule has 8 heteroatoms. The van der Waals surface area contributed by atoms with Gasteiger partial charge in [-0.2, -0.15) is 0 Å². The van der Waals surface area contributed by atoms with Crippen molar-refractivity contribution in [3.8, 4) is 11.4 Å². The average molecular weight is 1070 g/mol. The Hall–Kier alpha value is -9.88. The van der Waals surface area contributed by atoms with Gasteiger partial charge in [-0.1, -0.05) is 188 Å². The fourth-order valence-electron chi connectivity index (χ4n) is 14.2. The van der Waals surface area contributed by atoms with Gasteiger partial charge in [-0.25, -0.2) is 0 Å². The van der Waals surface area contributed by atoms with Crippen molar-refractivity contribution in [2.24, 2.45) is 0 Å². The van der Waals surface area contributed by atoms with Crippen molar-refractivity contribution in [1.82, 2.24) is 9.13 Å². The van der Waals surface area contributed by atoms with E-state index in [-0.39, 0.29) is 13.4 Å². The summed E-state index contributed by atoms with van der Waals surface area (Å²) in [5.74, 6) is 0. The molecule has 0 N–H and O–H groups in total. The lowest BCUT2D eigenvalue weighted by Gasteiger charge is -2.43. The number of rotatable bonds is 10. The first kappa shape index (κ1) is 48.1. The van der Waals surface area contributed by atoms with Crippen LogP contribution in [-0.2, 0) is 0 Å². The maximum Gasteiger partial charge on any atom is 0.252 e. The van der Waals surface area contributed by atoms with Crippen molar-refractivity contribution in [3.63, 3.8) is 0 Å². The molecule has 2 aromatic heterocycles. The average Bonchev–Trinajstić information content (AvgIpc) is 1.77. The van der Waals surface area contributed by atoms with Crippen molar-refractivity contribution in [2.75, 3.05) is 14.7 Å². The second-order valence-corrected chi connectivity index (χ2v) is 22.7. The molecule has 0 aliphatic carbocycles. The minimum atomic E-state index is -0.148. The van der Waals surface area contributed by atoms with Gasteiger partial charge in [0.05, 0.1) is 16.9 Å². The van der Waals surface area contributed by atoms with Gasteiger partial charge >= 0.3 is 0 Å². The monoisotopic (exact) mass is 1070 g/mol. The van der Waals surface area contributed by atoms with E-state index in [0.29, 0.717) is 0 Å². The van der Waals surface area contributed by atoms with Crippen LogP contribution in [0.25, 0.3) is 50.8 Å². The molecule has 10 aromatic carbocycles. The summed E-state index contributed by atoms with van der Waals surface area (Å²) in [5.41, 5.74) is 27.2. The van der Waals surface area contributed by atoms with E-state index in [1.807, 2.05) is 17.8 Å². The van der Waals surface area contributed by atoms with Crippen LogP contribution in [0.1, 0.15) is 29.4 Å². The number of hydrogen-bond donors (Lipinski definition) is 0. The number of para-hydroxylation sites is 7. The molecule has 0 saturated heterocycles. The highest BCUT2D eigenvalue weighted by Crippen LogP contribution is 2.50. The van der Waals surface area contributed by atoms with Crippen LogP contribution in [0.5, 0.6) is 0 Å². The van der Waals surface area contributed by atoms with Crippen LogP contribution in [0.3, 0.4) is 0 Å². The van der Waals surface area contributed by atoms with E-state index >= 15 is 0 Å². The topological polar surface area (TPSA) is 19.6 Å². The molecule has 0 bridgehead atoms.